The van der Waals surface area contributed by atoms with E-state index in [1.165, 1.54) is 11.8 Å². The third-order valence-corrected chi connectivity index (χ3v) is 5.02. The number of carbonyl (C=O) groups is 1. The van der Waals surface area contributed by atoms with E-state index in [1.807, 2.05) is 54.6 Å². The summed E-state index contributed by atoms with van der Waals surface area (Å²) in [6.45, 7) is 0.413. The van der Waals surface area contributed by atoms with Crippen molar-refractivity contribution in [1.29, 1.82) is 5.26 Å². The molecule has 1 amide bonds. The summed E-state index contributed by atoms with van der Waals surface area (Å²) in [6, 6.07) is 19.4. The molecular formula is C17H15BrN2OS. The topological polar surface area (TPSA) is 44.1 Å². The van der Waals surface area contributed by atoms with Gasteiger partial charge < -0.3 is 4.90 Å². The lowest BCUT2D eigenvalue weighted by Gasteiger charge is -2.21. The number of amides is 1. The van der Waals surface area contributed by atoms with Gasteiger partial charge >= 0.3 is 0 Å². The molecule has 112 valence electrons. The van der Waals surface area contributed by atoms with E-state index >= 15 is 0 Å². The number of anilines is 1. The zero-order valence-electron chi connectivity index (χ0n) is 11.9. The number of halogens is 1. The molecule has 22 heavy (non-hydrogen) atoms. The molecule has 0 saturated carbocycles. The largest absolute Gasteiger partial charge is 0.311 e. The maximum absolute atomic E-state index is 12.5. The molecule has 0 heterocycles. The van der Waals surface area contributed by atoms with Crippen LogP contribution in [-0.4, -0.2) is 18.2 Å². The molecule has 2 rings (SSSR count). The Labute approximate surface area is 143 Å². The summed E-state index contributed by atoms with van der Waals surface area (Å²) in [5, 5.41) is 8.79. The van der Waals surface area contributed by atoms with Crippen molar-refractivity contribution in [3.63, 3.8) is 0 Å². The SMILES string of the molecule is N#CCCN(C(=O)CSc1ccccc1Br)c1ccccc1. The van der Waals surface area contributed by atoms with Gasteiger partial charge in [-0.3, -0.25) is 4.79 Å². The average molecular weight is 375 g/mol. The van der Waals surface area contributed by atoms with Gasteiger partial charge in [0.25, 0.3) is 0 Å². The highest BCUT2D eigenvalue weighted by Crippen LogP contribution is 2.27. The fourth-order valence-electron chi connectivity index (χ4n) is 1.95. The van der Waals surface area contributed by atoms with Crippen molar-refractivity contribution in [2.24, 2.45) is 0 Å². The van der Waals surface area contributed by atoms with Gasteiger partial charge in [0.2, 0.25) is 5.91 Å². The molecule has 2 aromatic rings. The number of nitrogens with zero attached hydrogens (tertiary/aromatic N) is 2. The zero-order chi connectivity index (χ0) is 15.8. The average Bonchev–Trinajstić information content (AvgIpc) is 2.55. The van der Waals surface area contributed by atoms with Crippen molar-refractivity contribution in [2.45, 2.75) is 11.3 Å². The molecule has 0 fully saturated rings. The molecule has 0 saturated heterocycles. The van der Waals surface area contributed by atoms with E-state index in [-0.39, 0.29) is 5.91 Å². The van der Waals surface area contributed by atoms with Gasteiger partial charge in [0, 0.05) is 21.6 Å². The molecule has 0 bridgehead atoms. The Morgan fingerprint density at radius 1 is 1.14 bits per heavy atom. The van der Waals surface area contributed by atoms with Crippen LogP contribution in [0, 0.1) is 11.3 Å². The first-order chi connectivity index (χ1) is 10.7. The molecule has 0 aliphatic heterocycles. The predicted molar refractivity (Wildman–Crippen MR) is 93.9 cm³/mol. The fourth-order valence-corrected chi connectivity index (χ4v) is 3.39. The molecule has 5 heteroatoms. The van der Waals surface area contributed by atoms with E-state index in [0.29, 0.717) is 18.7 Å². The highest BCUT2D eigenvalue weighted by Gasteiger charge is 2.16. The molecule has 0 atom stereocenters. The summed E-state index contributed by atoms with van der Waals surface area (Å²) in [7, 11) is 0. The van der Waals surface area contributed by atoms with Crippen molar-refractivity contribution >= 4 is 39.3 Å². The lowest BCUT2D eigenvalue weighted by molar-refractivity contribution is -0.116. The molecule has 0 aliphatic rings. The third kappa shape index (κ3) is 4.62. The van der Waals surface area contributed by atoms with Gasteiger partial charge in [-0.15, -0.1) is 11.8 Å². The summed E-state index contributed by atoms with van der Waals surface area (Å²) in [5.41, 5.74) is 0.829. The Bertz CT molecular complexity index is 670. The number of thioether (sulfide) groups is 1. The first kappa shape index (κ1) is 16.6. The lowest BCUT2D eigenvalue weighted by atomic mass is 10.2. The zero-order valence-corrected chi connectivity index (χ0v) is 14.3. The summed E-state index contributed by atoms with van der Waals surface area (Å²) in [6.07, 6.45) is 0.320. The Hall–Kier alpha value is -1.77. The van der Waals surface area contributed by atoms with Crippen LogP contribution in [0.3, 0.4) is 0 Å². The molecule has 0 aliphatic carbocycles. The minimum absolute atomic E-state index is 0.00204. The highest BCUT2D eigenvalue weighted by molar-refractivity contribution is 9.10. The van der Waals surface area contributed by atoms with Crippen LogP contribution in [0.5, 0.6) is 0 Å². The predicted octanol–water partition coefficient (Wildman–Crippen LogP) is 4.49. The maximum Gasteiger partial charge on any atom is 0.237 e. The lowest BCUT2D eigenvalue weighted by Crippen LogP contribution is -2.33. The maximum atomic E-state index is 12.5. The number of para-hydroxylation sites is 1. The van der Waals surface area contributed by atoms with Gasteiger partial charge in [-0.2, -0.15) is 5.26 Å². The smallest absolute Gasteiger partial charge is 0.237 e. The number of carbonyl (C=O) groups excluding carboxylic acids is 1. The number of rotatable bonds is 6. The number of benzene rings is 2. The van der Waals surface area contributed by atoms with E-state index in [9.17, 15) is 4.79 Å². The summed E-state index contributed by atoms with van der Waals surface area (Å²) in [5.74, 6) is 0.338. The van der Waals surface area contributed by atoms with Crippen LogP contribution >= 0.6 is 27.7 Å². The molecular weight excluding hydrogens is 360 g/mol. The summed E-state index contributed by atoms with van der Waals surface area (Å²) < 4.78 is 0.982. The van der Waals surface area contributed by atoms with Gasteiger partial charge in [-0.25, -0.2) is 0 Å². The summed E-state index contributed by atoms with van der Waals surface area (Å²) in [4.78, 5) is 15.2. The van der Waals surface area contributed by atoms with E-state index in [0.717, 1.165) is 15.1 Å². The number of hydrogen-bond acceptors (Lipinski definition) is 3. The second-order valence-electron chi connectivity index (χ2n) is 4.51. The molecule has 2 aromatic carbocycles. The quantitative estimate of drug-likeness (QED) is 0.699. The van der Waals surface area contributed by atoms with Gasteiger partial charge in [0.15, 0.2) is 0 Å². The first-order valence-electron chi connectivity index (χ1n) is 6.82. The first-order valence-corrected chi connectivity index (χ1v) is 8.60. The fraction of sp³-hybridized carbons (Fsp3) is 0.176. The second-order valence-corrected chi connectivity index (χ2v) is 6.38. The molecule has 0 aromatic heterocycles. The van der Waals surface area contributed by atoms with Crippen LogP contribution in [0.15, 0.2) is 64.0 Å². The Morgan fingerprint density at radius 2 is 1.82 bits per heavy atom. The third-order valence-electron chi connectivity index (χ3n) is 3.00. The molecule has 0 N–H and O–H groups in total. The van der Waals surface area contributed by atoms with Crippen molar-refractivity contribution in [2.75, 3.05) is 17.2 Å². The van der Waals surface area contributed by atoms with Crippen molar-refractivity contribution in [3.05, 3.63) is 59.1 Å². The standard InChI is InChI=1S/C17H15BrN2OS/c18-15-9-4-5-10-16(15)22-13-17(21)20(12-6-11-19)14-7-2-1-3-8-14/h1-5,7-10H,6,12-13H2. The van der Waals surface area contributed by atoms with Crippen LogP contribution in [0.1, 0.15) is 6.42 Å². The van der Waals surface area contributed by atoms with Gasteiger partial charge in [-0.1, -0.05) is 30.3 Å². The number of hydrogen-bond donors (Lipinski definition) is 0. The van der Waals surface area contributed by atoms with Crippen LogP contribution in [0.25, 0.3) is 0 Å². The van der Waals surface area contributed by atoms with E-state index in [4.69, 9.17) is 5.26 Å². The molecule has 0 unspecified atom stereocenters. The monoisotopic (exact) mass is 374 g/mol. The summed E-state index contributed by atoms with van der Waals surface area (Å²) >= 11 is 4.97. The van der Waals surface area contributed by atoms with Crippen molar-refractivity contribution in [3.8, 4) is 6.07 Å². The Kier molecular flexibility index (Phi) is 6.50. The van der Waals surface area contributed by atoms with Crippen molar-refractivity contribution < 1.29 is 4.79 Å². The van der Waals surface area contributed by atoms with Gasteiger partial charge in [0.1, 0.15) is 0 Å². The van der Waals surface area contributed by atoms with Crippen LogP contribution in [0.4, 0.5) is 5.69 Å². The minimum atomic E-state index is 0.00204. The van der Waals surface area contributed by atoms with Crippen molar-refractivity contribution in [1.82, 2.24) is 0 Å². The van der Waals surface area contributed by atoms with E-state index < -0.39 is 0 Å². The minimum Gasteiger partial charge on any atom is -0.311 e. The van der Waals surface area contributed by atoms with E-state index in [2.05, 4.69) is 22.0 Å². The van der Waals surface area contributed by atoms with Crippen LogP contribution in [0.2, 0.25) is 0 Å². The second kappa shape index (κ2) is 8.62. The van der Waals surface area contributed by atoms with Gasteiger partial charge in [-0.05, 0) is 40.2 Å². The van der Waals surface area contributed by atoms with Crippen LogP contribution in [-0.2, 0) is 4.79 Å². The van der Waals surface area contributed by atoms with Crippen LogP contribution < -0.4 is 4.90 Å². The molecule has 0 spiro atoms. The Balaban J connectivity index is 2.06. The van der Waals surface area contributed by atoms with Gasteiger partial charge in [0.05, 0.1) is 18.2 Å². The normalized spacial score (nSPS) is 10.0. The van der Waals surface area contributed by atoms with E-state index in [1.54, 1.807) is 4.90 Å². The number of nitriles is 1. The highest BCUT2D eigenvalue weighted by atomic mass is 79.9. The molecule has 0 radical (unpaired) electrons. The molecule has 3 nitrogen and oxygen atoms in total. The Morgan fingerprint density at radius 3 is 2.50 bits per heavy atom.